The van der Waals surface area contributed by atoms with E-state index < -0.39 is 9.84 Å². The molecule has 0 amide bonds. The zero-order valence-corrected chi connectivity index (χ0v) is 13.4. The molecule has 0 aliphatic heterocycles. The summed E-state index contributed by atoms with van der Waals surface area (Å²) in [5.41, 5.74) is 9.47. The molecule has 0 heterocycles. The van der Waals surface area contributed by atoms with Crippen molar-refractivity contribution in [3.8, 4) is 11.5 Å². The van der Waals surface area contributed by atoms with Crippen molar-refractivity contribution in [2.45, 2.75) is 25.7 Å². The fourth-order valence-electron chi connectivity index (χ4n) is 2.08. The third-order valence-electron chi connectivity index (χ3n) is 3.39. The van der Waals surface area contributed by atoms with Crippen molar-refractivity contribution in [2.24, 2.45) is 0 Å². The van der Waals surface area contributed by atoms with E-state index in [9.17, 15) is 8.42 Å². The maximum absolute atomic E-state index is 11.5. The number of sulfone groups is 1. The molecule has 0 aliphatic rings. The van der Waals surface area contributed by atoms with Crippen molar-refractivity contribution in [1.29, 1.82) is 0 Å². The number of rotatable bonds is 3. The number of anilines is 1. The Balaban J connectivity index is 2.42. The number of hydrogen-bond donors (Lipinski definition) is 1. The Morgan fingerprint density at radius 3 is 2.24 bits per heavy atom. The standard InChI is InChI=1S/C16H19NO3S/c1-10-7-11(2)12(3)16(8-10)20-15-6-5-13(9-14(15)17)21(4,18)19/h5-9H,17H2,1-4H3. The zero-order chi connectivity index (χ0) is 15.8. The van der Waals surface area contributed by atoms with Gasteiger partial charge in [-0.25, -0.2) is 8.42 Å². The van der Waals surface area contributed by atoms with Gasteiger partial charge in [-0.05, 0) is 61.7 Å². The minimum Gasteiger partial charge on any atom is -0.455 e. The lowest BCUT2D eigenvalue weighted by atomic mass is 10.1. The lowest BCUT2D eigenvalue weighted by molar-refractivity contribution is 0.480. The topological polar surface area (TPSA) is 69.4 Å². The van der Waals surface area contributed by atoms with Gasteiger partial charge in [0.15, 0.2) is 9.84 Å². The van der Waals surface area contributed by atoms with Crippen LogP contribution in [0.25, 0.3) is 0 Å². The highest BCUT2D eigenvalue weighted by Gasteiger charge is 2.12. The van der Waals surface area contributed by atoms with E-state index in [0.717, 1.165) is 28.7 Å². The Hall–Kier alpha value is -2.01. The van der Waals surface area contributed by atoms with Crippen LogP contribution >= 0.6 is 0 Å². The molecule has 0 bridgehead atoms. The summed E-state index contributed by atoms with van der Waals surface area (Å²) < 4.78 is 28.9. The zero-order valence-electron chi connectivity index (χ0n) is 12.6. The third kappa shape index (κ3) is 3.36. The Labute approximate surface area is 125 Å². The molecule has 0 fully saturated rings. The predicted octanol–water partition coefficient (Wildman–Crippen LogP) is 3.39. The van der Waals surface area contributed by atoms with Crippen molar-refractivity contribution in [3.05, 3.63) is 47.0 Å². The van der Waals surface area contributed by atoms with E-state index in [1.54, 1.807) is 6.07 Å². The molecule has 0 aromatic heterocycles. The van der Waals surface area contributed by atoms with Gasteiger partial charge in [-0.15, -0.1) is 0 Å². The van der Waals surface area contributed by atoms with Gasteiger partial charge in [0.2, 0.25) is 0 Å². The van der Waals surface area contributed by atoms with Crippen LogP contribution in [-0.4, -0.2) is 14.7 Å². The highest BCUT2D eigenvalue weighted by molar-refractivity contribution is 7.90. The minimum absolute atomic E-state index is 0.185. The van der Waals surface area contributed by atoms with Gasteiger partial charge in [-0.3, -0.25) is 0 Å². The normalized spacial score (nSPS) is 11.4. The van der Waals surface area contributed by atoms with Gasteiger partial charge in [0, 0.05) is 6.26 Å². The van der Waals surface area contributed by atoms with Crippen LogP contribution < -0.4 is 10.5 Å². The molecule has 2 aromatic rings. The SMILES string of the molecule is Cc1cc(C)c(C)c(Oc2ccc(S(C)(=O)=O)cc2N)c1. The number of ether oxygens (including phenoxy) is 1. The fraction of sp³-hybridized carbons (Fsp3) is 0.250. The molecular weight excluding hydrogens is 286 g/mol. The molecule has 2 N–H and O–H groups in total. The Kier molecular flexibility index (Phi) is 3.96. The Morgan fingerprint density at radius 1 is 1.00 bits per heavy atom. The Bertz CT molecular complexity index is 795. The lowest BCUT2D eigenvalue weighted by Crippen LogP contribution is -2.00. The molecule has 0 radical (unpaired) electrons. The number of nitrogen functional groups attached to an aromatic ring is 1. The van der Waals surface area contributed by atoms with Gasteiger partial charge in [0.05, 0.1) is 10.6 Å². The molecule has 112 valence electrons. The molecular formula is C16H19NO3S. The summed E-state index contributed by atoms with van der Waals surface area (Å²) in [6.45, 7) is 5.99. The molecule has 0 spiro atoms. The Morgan fingerprint density at radius 2 is 1.67 bits per heavy atom. The molecule has 0 aliphatic carbocycles. The molecule has 0 unspecified atom stereocenters. The molecule has 2 rings (SSSR count). The van der Waals surface area contributed by atoms with Crippen molar-refractivity contribution in [1.82, 2.24) is 0 Å². The molecule has 5 heteroatoms. The maximum atomic E-state index is 11.5. The van der Waals surface area contributed by atoms with Gasteiger partial charge in [-0.1, -0.05) is 6.07 Å². The van der Waals surface area contributed by atoms with E-state index in [0.29, 0.717) is 11.4 Å². The van der Waals surface area contributed by atoms with Crippen LogP contribution in [0.5, 0.6) is 11.5 Å². The first-order valence-corrected chi connectivity index (χ1v) is 8.43. The molecule has 21 heavy (non-hydrogen) atoms. The van der Waals surface area contributed by atoms with Crippen LogP contribution in [-0.2, 0) is 9.84 Å². The van der Waals surface area contributed by atoms with Crippen LogP contribution in [0.1, 0.15) is 16.7 Å². The summed E-state index contributed by atoms with van der Waals surface area (Å²) in [4.78, 5) is 0.185. The lowest BCUT2D eigenvalue weighted by Gasteiger charge is -2.14. The van der Waals surface area contributed by atoms with E-state index in [-0.39, 0.29) is 4.90 Å². The summed E-state index contributed by atoms with van der Waals surface area (Å²) in [7, 11) is -3.27. The van der Waals surface area contributed by atoms with E-state index in [4.69, 9.17) is 10.5 Å². The van der Waals surface area contributed by atoms with Gasteiger partial charge in [0.1, 0.15) is 11.5 Å². The van der Waals surface area contributed by atoms with Gasteiger partial charge in [-0.2, -0.15) is 0 Å². The quantitative estimate of drug-likeness (QED) is 0.882. The number of nitrogens with two attached hydrogens (primary N) is 1. The average Bonchev–Trinajstić information content (AvgIpc) is 2.36. The van der Waals surface area contributed by atoms with Crippen molar-refractivity contribution in [3.63, 3.8) is 0 Å². The number of benzene rings is 2. The molecule has 4 nitrogen and oxygen atoms in total. The van der Waals surface area contributed by atoms with Crippen LogP contribution in [0.15, 0.2) is 35.2 Å². The number of aryl methyl sites for hydroxylation is 2. The smallest absolute Gasteiger partial charge is 0.175 e. The summed E-state index contributed by atoms with van der Waals surface area (Å²) in [6.07, 6.45) is 1.15. The average molecular weight is 305 g/mol. The van der Waals surface area contributed by atoms with Crippen molar-refractivity contribution >= 4 is 15.5 Å². The van der Waals surface area contributed by atoms with Gasteiger partial charge >= 0.3 is 0 Å². The molecule has 2 aromatic carbocycles. The monoisotopic (exact) mass is 305 g/mol. The predicted molar refractivity (Wildman–Crippen MR) is 84.7 cm³/mol. The second-order valence-corrected chi connectivity index (χ2v) is 7.29. The second kappa shape index (κ2) is 5.41. The van der Waals surface area contributed by atoms with E-state index in [2.05, 4.69) is 6.07 Å². The highest BCUT2D eigenvalue weighted by atomic mass is 32.2. The highest BCUT2D eigenvalue weighted by Crippen LogP contribution is 2.33. The minimum atomic E-state index is -3.27. The summed E-state index contributed by atoms with van der Waals surface area (Å²) >= 11 is 0. The third-order valence-corrected chi connectivity index (χ3v) is 4.50. The van der Waals surface area contributed by atoms with Gasteiger partial charge in [0.25, 0.3) is 0 Å². The van der Waals surface area contributed by atoms with Crippen LogP contribution in [0.3, 0.4) is 0 Å². The van der Waals surface area contributed by atoms with Gasteiger partial charge < -0.3 is 10.5 Å². The van der Waals surface area contributed by atoms with E-state index in [1.165, 1.54) is 12.1 Å². The van der Waals surface area contributed by atoms with Crippen LogP contribution in [0.4, 0.5) is 5.69 Å². The summed E-state index contributed by atoms with van der Waals surface area (Å²) in [6, 6.07) is 8.52. The first-order chi connectivity index (χ1) is 9.68. The summed E-state index contributed by atoms with van der Waals surface area (Å²) in [5, 5.41) is 0. The van der Waals surface area contributed by atoms with Crippen molar-refractivity contribution in [2.75, 3.05) is 12.0 Å². The van der Waals surface area contributed by atoms with Crippen molar-refractivity contribution < 1.29 is 13.2 Å². The van der Waals surface area contributed by atoms with E-state index in [1.807, 2.05) is 26.8 Å². The summed E-state index contributed by atoms with van der Waals surface area (Å²) in [5.74, 6) is 1.18. The second-order valence-electron chi connectivity index (χ2n) is 5.28. The molecule has 0 atom stereocenters. The molecule has 0 saturated heterocycles. The first-order valence-electron chi connectivity index (χ1n) is 6.54. The maximum Gasteiger partial charge on any atom is 0.175 e. The van der Waals surface area contributed by atoms with Crippen LogP contribution in [0, 0.1) is 20.8 Å². The number of hydrogen-bond acceptors (Lipinski definition) is 4. The van der Waals surface area contributed by atoms with Crippen LogP contribution in [0.2, 0.25) is 0 Å². The first kappa shape index (κ1) is 15.4. The largest absolute Gasteiger partial charge is 0.455 e. The molecule has 0 saturated carbocycles. The fourth-order valence-corrected chi connectivity index (χ4v) is 2.73. The van der Waals surface area contributed by atoms with E-state index >= 15 is 0 Å².